The van der Waals surface area contributed by atoms with Crippen molar-refractivity contribution in [1.29, 1.82) is 0 Å². The molecular weight excluding hydrogens is 354 g/mol. The number of aromatic nitrogens is 2. The van der Waals surface area contributed by atoms with Crippen LogP contribution in [0, 0.1) is 0 Å². The molecule has 0 bridgehead atoms. The van der Waals surface area contributed by atoms with Crippen LogP contribution < -0.4 is 10.6 Å². The molecule has 1 aliphatic rings. The van der Waals surface area contributed by atoms with Crippen LogP contribution in [0.1, 0.15) is 16.8 Å². The number of benzene rings is 1. The summed E-state index contributed by atoms with van der Waals surface area (Å²) in [6.45, 7) is 4.64. The highest BCUT2D eigenvalue weighted by Crippen LogP contribution is 2.18. The molecule has 1 atom stereocenters. The molecule has 8 heteroatoms. The molecule has 0 spiro atoms. The number of rotatable bonds is 5. The molecule has 1 aromatic heterocycles. The van der Waals surface area contributed by atoms with Gasteiger partial charge in [-0.05, 0) is 36.8 Å². The quantitative estimate of drug-likeness (QED) is 0.789. The lowest BCUT2D eigenvalue weighted by molar-refractivity contribution is -0.111. The van der Waals surface area contributed by atoms with Gasteiger partial charge in [0.15, 0.2) is 0 Å². The van der Waals surface area contributed by atoms with E-state index < -0.39 is 0 Å². The third kappa shape index (κ3) is 4.37. The largest absolute Gasteiger partial charge is 0.364 e. The number of hydrogen-bond acceptors (Lipinski definition) is 5. The molecule has 2 heterocycles. The van der Waals surface area contributed by atoms with Gasteiger partial charge in [-0.3, -0.25) is 9.59 Å². The highest BCUT2D eigenvalue weighted by atomic mass is 35.5. The van der Waals surface area contributed by atoms with E-state index in [1.807, 2.05) is 0 Å². The number of nitrogens with one attached hydrogen (secondary N) is 2. The first-order chi connectivity index (χ1) is 12.5. The molecule has 26 heavy (non-hydrogen) atoms. The van der Waals surface area contributed by atoms with Crippen molar-refractivity contribution in [3.63, 3.8) is 0 Å². The monoisotopic (exact) mass is 371 g/mol. The van der Waals surface area contributed by atoms with Crippen molar-refractivity contribution in [2.75, 3.05) is 23.7 Å². The van der Waals surface area contributed by atoms with Gasteiger partial charge < -0.3 is 15.5 Å². The molecule has 0 aliphatic carbocycles. The molecule has 3 rings (SSSR count). The van der Waals surface area contributed by atoms with Crippen LogP contribution in [-0.4, -0.2) is 45.8 Å². The summed E-state index contributed by atoms with van der Waals surface area (Å²) in [4.78, 5) is 33.8. The van der Waals surface area contributed by atoms with E-state index in [0.717, 1.165) is 6.42 Å². The van der Waals surface area contributed by atoms with Crippen molar-refractivity contribution >= 4 is 34.9 Å². The average Bonchev–Trinajstić information content (AvgIpc) is 3.12. The van der Waals surface area contributed by atoms with Crippen LogP contribution in [0.3, 0.4) is 0 Å². The lowest BCUT2D eigenvalue weighted by atomic mass is 10.2. The first kappa shape index (κ1) is 17.9. The van der Waals surface area contributed by atoms with Crippen LogP contribution in [0.5, 0.6) is 0 Å². The van der Waals surface area contributed by atoms with Crippen molar-refractivity contribution in [3.05, 3.63) is 60.0 Å². The molecule has 7 nitrogen and oxygen atoms in total. The fraction of sp³-hybridized carbons (Fsp3) is 0.222. The molecule has 0 saturated carbocycles. The lowest BCUT2D eigenvalue weighted by Gasteiger charge is -2.17. The number of nitrogens with zero attached hydrogens (tertiary/aromatic N) is 3. The summed E-state index contributed by atoms with van der Waals surface area (Å²) < 4.78 is 0. The Morgan fingerprint density at radius 1 is 1.23 bits per heavy atom. The van der Waals surface area contributed by atoms with Gasteiger partial charge >= 0.3 is 0 Å². The summed E-state index contributed by atoms with van der Waals surface area (Å²) in [5.74, 6) is 0.303. The van der Waals surface area contributed by atoms with Crippen molar-refractivity contribution in [3.8, 4) is 0 Å². The number of anilines is 2. The second-order valence-corrected chi connectivity index (χ2v) is 6.26. The maximum absolute atomic E-state index is 12.6. The molecule has 134 valence electrons. The van der Waals surface area contributed by atoms with E-state index in [4.69, 9.17) is 11.6 Å². The Bertz CT molecular complexity index is 807. The predicted octanol–water partition coefficient (Wildman–Crippen LogP) is 2.58. The van der Waals surface area contributed by atoms with E-state index in [2.05, 4.69) is 27.2 Å². The van der Waals surface area contributed by atoms with Crippen molar-refractivity contribution in [1.82, 2.24) is 14.9 Å². The molecule has 1 unspecified atom stereocenters. The Kier molecular flexibility index (Phi) is 5.48. The zero-order valence-corrected chi connectivity index (χ0v) is 14.7. The molecule has 1 fully saturated rings. The topological polar surface area (TPSA) is 87.2 Å². The Morgan fingerprint density at radius 2 is 2.00 bits per heavy atom. The Labute approximate surface area is 156 Å². The Balaban J connectivity index is 1.57. The highest BCUT2D eigenvalue weighted by molar-refractivity contribution is 6.29. The van der Waals surface area contributed by atoms with Gasteiger partial charge in [0.2, 0.25) is 5.91 Å². The number of hydrogen-bond donors (Lipinski definition) is 2. The number of halogens is 1. The van der Waals surface area contributed by atoms with Gasteiger partial charge in [-0.15, -0.1) is 0 Å². The molecule has 2 aromatic rings. The summed E-state index contributed by atoms with van der Waals surface area (Å²) >= 11 is 5.73. The normalized spacial score (nSPS) is 16.2. The van der Waals surface area contributed by atoms with E-state index in [1.165, 1.54) is 12.3 Å². The van der Waals surface area contributed by atoms with E-state index in [0.29, 0.717) is 35.3 Å². The molecule has 1 aromatic carbocycles. The van der Waals surface area contributed by atoms with Gasteiger partial charge in [0.1, 0.15) is 11.0 Å². The minimum atomic E-state index is -0.289. The number of carbonyl (C=O) groups is 2. The van der Waals surface area contributed by atoms with Gasteiger partial charge in [0.25, 0.3) is 5.91 Å². The summed E-state index contributed by atoms with van der Waals surface area (Å²) in [7, 11) is 0. The van der Waals surface area contributed by atoms with Crippen LogP contribution in [-0.2, 0) is 4.79 Å². The maximum Gasteiger partial charge on any atom is 0.253 e. The van der Waals surface area contributed by atoms with E-state index >= 15 is 0 Å². The van der Waals surface area contributed by atoms with Crippen LogP contribution in [0.25, 0.3) is 0 Å². The lowest BCUT2D eigenvalue weighted by Crippen LogP contribution is -2.31. The Hall–Kier alpha value is -2.93. The zero-order chi connectivity index (χ0) is 18.5. The smallest absolute Gasteiger partial charge is 0.253 e. The summed E-state index contributed by atoms with van der Waals surface area (Å²) in [6, 6.07) is 6.91. The molecule has 1 aliphatic heterocycles. The van der Waals surface area contributed by atoms with Gasteiger partial charge in [0, 0.05) is 30.4 Å². The average molecular weight is 372 g/mol. The van der Waals surface area contributed by atoms with Crippen molar-refractivity contribution in [2.45, 2.75) is 12.5 Å². The zero-order valence-electron chi connectivity index (χ0n) is 14.0. The summed E-state index contributed by atoms with van der Waals surface area (Å²) in [6.07, 6.45) is 5.07. The van der Waals surface area contributed by atoms with Crippen molar-refractivity contribution in [2.24, 2.45) is 0 Å². The highest BCUT2D eigenvalue weighted by Gasteiger charge is 2.27. The van der Waals surface area contributed by atoms with Crippen LogP contribution in [0.15, 0.2) is 49.3 Å². The summed E-state index contributed by atoms with van der Waals surface area (Å²) in [5.41, 5.74) is 1.20. The second-order valence-electron chi connectivity index (χ2n) is 5.88. The predicted molar refractivity (Wildman–Crippen MR) is 100 cm³/mol. The van der Waals surface area contributed by atoms with Gasteiger partial charge in [-0.25, -0.2) is 9.97 Å². The fourth-order valence-electron chi connectivity index (χ4n) is 2.73. The standard InChI is InChI=1S/C18H18ClN5O2/c1-2-17(25)23-13-5-3-12(4-6-13)18(26)24-8-7-14(11-24)22-16-10-20-15(19)9-21-16/h2-6,9-10,14H,1,7-8,11H2,(H,21,22)(H,23,25). The first-order valence-electron chi connectivity index (χ1n) is 8.12. The van der Waals surface area contributed by atoms with Crippen molar-refractivity contribution < 1.29 is 9.59 Å². The van der Waals surface area contributed by atoms with E-state index in [9.17, 15) is 9.59 Å². The third-order valence-electron chi connectivity index (χ3n) is 4.03. The minimum absolute atomic E-state index is 0.0434. The molecule has 0 radical (unpaired) electrons. The molecule has 2 amide bonds. The van der Waals surface area contributed by atoms with Crippen LogP contribution >= 0.6 is 11.6 Å². The third-order valence-corrected chi connectivity index (χ3v) is 4.23. The molecular formula is C18H18ClN5O2. The van der Waals surface area contributed by atoms with E-state index in [-0.39, 0.29) is 17.9 Å². The van der Waals surface area contributed by atoms with Gasteiger partial charge in [0.05, 0.1) is 12.4 Å². The SMILES string of the molecule is C=CC(=O)Nc1ccc(C(=O)N2CCC(Nc3cnc(Cl)cn3)C2)cc1. The molecule has 2 N–H and O–H groups in total. The number of amides is 2. The van der Waals surface area contributed by atoms with Crippen LogP contribution in [0.4, 0.5) is 11.5 Å². The molecule has 1 saturated heterocycles. The first-order valence-corrected chi connectivity index (χ1v) is 8.50. The van der Waals surface area contributed by atoms with Crippen LogP contribution in [0.2, 0.25) is 5.15 Å². The Morgan fingerprint density at radius 3 is 2.65 bits per heavy atom. The minimum Gasteiger partial charge on any atom is -0.364 e. The summed E-state index contributed by atoms with van der Waals surface area (Å²) in [5, 5.41) is 6.25. The maximum atomic E-state index is 12.6. The van der Waals surface area contributed by atoms with Gasteiger partial charge in [-0.1, -0.05) is 18.2 Å². The van der Waals surface area contributed by atoms with Gasteiger partial charge in [-0.2, -0.15) is 0 Å². The van der Waals surface area contributed by atoms with E-state index in [1.54, 1.807) is 35.4 Å². The fourth-order valence-corrected chi connectivity index (χ4v) is 2.83. The second kappa shape index (κ2) is 7.97. The number of carbonyl (C=O) groups excluding carboxylic acids is 2. The number of likely N-dealkylation sites (tertiary alicyclic amines) is 1.